The Morgan fingerprint density at radius 3 is 2.72 bits per heavy atom. The molecular weight excluding hydrogens is 256 g/mol. The lowest BCUT2D eigenvalue weighted by Gasteiger charge is -2.04. The molecule has 0 radical (unpaired) electrons. The summed E-state index contributed by atoms with van der Waals surface area (Å²) in [7, 11) is 0. The molecule has 1 aromatic carbocycles. The van der Waals surface area contributed by atoms with Gasteiger partial charge in [0.25, 0.3) is 5.69 Å². The fraction of sp³-hybridized carbons (Fsp3) is 0.0909. The summed E-state index contributed by atoms with van der Waals surface area (Å²) in [5.41, 5.74) is 0.842. The van der Waals surface area contributed by atoms with Crippen LogP contribution in [0, 0.1) is 10.1 Å². The molecule has 0 aliphatic heterocycles. The van der Waals surface area contributed by atoms with Crippen LogP contribution < -0.4 is 5.32 Å². The molecule has 0 unspecified atom stereocenters. The van der Waals surface area contributed by atoms with Gasteiger partial charge in [0.05, 0.1) is 22.3 Å². The SMILES string of the molecule is O=[N+]([O-])c1cccc(CNc2ncc(Cl)cn2)c1. The molecule has 1 aromatic heterocycles. The van der Waals surface area contributed by atoms with Crippen LogP contribution in [0.5, 0.6) is 0 Å². The van der Waals surface area contributed by atoms with Crippen LogP contribution in [0.2, 0.25) is 5.02 Å². The van der Waals surface area contributed by atoms with E-state index in [2.05, 4.69) is 15.3 Å². The Morgan fingerprint density at radius 2 is 2.06 bits per heavy atom. The van der Waals surface area contributed by atoms with Gasteiger partial charge in [-0.2, -0.15) is 0 Å². The molecule has 1 heterocycles. The first kappa shape index (κ1) is 12.3. The van der Waals surface area contributed by atoms with Crippen molar-refractivity contribution >= 4 is 23.2 Å². The number of hydrogen-bond acceptors (Lipinski definition) is 5. The van der Waals surface area contributed by atoms with Crippen LogP contribution in [-0.4, -0.2) is 14.9 Å². The minimum Gasteiger partial charge on any atom is -0.350 e. The number of aromatic nitrogens is 2. The van der Waals surface area contributed by atoms with Gasteiger partial charge in [0.2, 0.25) is 5.95 Å². The summed E-state index contributed by atoms with van der Waals surface area (Å²) >= 11 is 5.66. The van der Waals surface area contributed by atoms with Crippen molar-refractivity contribution in [2.75, 3.05) is 5.32 Å². The third kappa shape index (κ3) is 3.14. The van der Waals surface area contributed by atoms with Crippen LogP contribution >= 0.6 is 11.6 Å². The Balaban J connectivity index is 2.04. The predicted molar refractivity (Wildman–Crippen MR) is 67.5 cm³/mol. The van der Waals surface area contributed by atoms with Gasteiger partial charge in [-0.25, -0.2) is 9.97 Å². The van der Waals surface area contributed by atoms with E-state index >= 15 is 0 Å². The predicted octanol–water partition coefficient (Wildman–Crippen LogP) is 2.65. The third-order valence-electron chi connectivity index (χ3n) is 2.19. The Morgan fingerprint density at radius 1 is 1.33 bits per heavy atom. The molecule has 0 aliphatic rings. The number of benzene rings is 1. The molecule has 7 heteroatoms. The van der Waals surface area contributed by atoms with E-state index in [4.69, 9.17) is 11.6 Å². The van der Waals surface area contributed by atoms with E-state index in [0.717, 1.165) is 5.56 Å². The smallest absolute Gasteiger partial charge is 0.269 e. The standard InChI is InChI=1S/C11H9ClN4O2/c12-9-6-14-11(15-7-9)13-5-8-2-1-3-10(4-8)16(17)18/h1-4,6-7H,5H2,(H,13,14,15). The van der Waals surface area contributed by atoms with Gasteiger partial charge in [0.15, 0.2) is 0 Å². The molecule has 6 nitrogen and oxygen atoms in total. The van der Waals surface area contributed by atoms with Crippen LogP contribution in [0.15, 0.2) is 36.7 Å². The number of non-ortho nitro benzene ring substituents is 1. The van der Waals surface area contributed by atoms with Crippen molar-refractivity contribution in [1.29, 1.82) is 0 Å². The summed E-state index contributed by atoms with van der Waals surface area (Å²) in [6.45, 7) is 0.406. The summed E-state index contributed by atoms with van der Waals surface area (Å²) in [5, 5.41) is 14.0. The maximum atomic E-state index is 10.6. The molecule has 0 bridgehead atoms. The van der Waals surface area contributed by atoms with E-state index in [1.54, 1.807) is 12.1 Å². The lowest BCUT2D eigenvalue weighted by atomic mass is 10.2. The van der Waals surface area contributed by atoms with Gasteiger partial charge in [-0.1, -0.05) is 23.7 Å². The van der Waals surface area contributed by atoms with E-state index < -0.39 is 4.92 Å². The summed E-state index contributed by atoms with van der Waals surface area (Å²) in [4.78, 5) is 18.1. The highest BCUT2D eigenvalue weighted by molar-refractivity contribution is 6.30. The maximum Gasteiger partial charge on any atom is 0.269 e. The lowest BCUT2D eigenvalue weighted by molar-refractivity contribution is -0.384. The zero-order valence-electron chi connectivity index (χ0n) is 9.21. The molecule has 0 saturated heterocycles. The zero-order chi connectivity index (χ0) is 13.0. The van der Waals surface area contributed by atoms with Gasteiger partial charge in [-0.15, -0.1) is 0 Å². The summed E-state index contributed by atoms with van der Waals surface area (Å²) in [6.07, 6.45) is 2.95. The second kappa shape index (κ2) is 5.42. The molecular formula is C11H9ClN4O2. The second-order valence-corrected chi connectivity index (χ2v) is 3.94. The molecule has 0 atom stereocenters. The number of nitrogens with zero attached hydrogens (tertiary/aromatic N) is 3. The van der Waals surface area contributed by atoms with Gasteiger partial charge in [0.1, 0.15) is 0 Å². The number of nitro groups is 1. The normalized spacial score (nSPS) is 10.1. The highest BCUT2D eigenvalue weighted by atomic mass is 35.5. The summed E-state index contributed by atoms with van der Waals surface area (Å²) in [5.74, 6) is 0.422. The van der Waals surface area contributed by atoms with Crippen LogP contribution in [-0.2, 0) is 6.54 Å². The number of halogens is 1. The van der Waals surface area contributed by atoms with E-state index in [1.165, 1.54) is 24.5 Å². The van der Waals surface area contributed by atoms with Crippen molar-refractivity contribution in [1.82, 2.24) is 9.97 Å². The molecule has 2 aromatic rings. The van der Waals surface area contributed by atoms with Crippen molar-refractivity contribution in [3.8, 4) is 0 Å². The number of rotatable bonds is 4. The van der Waals surface area contributed by atoms with Crippen molar-refractivity contribution < 1.29 is 4.92 Å². The van der Waals surface area contributed by atoms with Gasteiger partial charge >= 0.3 is 0 Å². The molecule has 0 aliphatic carbocycles. The highest BCUT2D eigenvalue weighted by Gasteiger charge is 2.05. The minimum absolute atomic E-state index is 0.0614. The molecule has 92 valence electrons. The molecule has 2 rings (SSSR count). The third-order valence-corrected chi connectivity index (χ3v) is 2.39. The van der Waals surface area contributed by atoms with Gasteiger partial charge in [-0.05, 0) is 5.56 Å². The quantitative estimate of drug-likeness (QED) is 0.678. The Hall–Kier alpha value is -2.21. The minimum atomic E-state index is -0.428. The lowest BCUT2D eigenvalue weighted by Crippen LogP contribution is -2.03. The number of anilines is 1. The van der Waals surface area contributed by atoms with Gasteiger partial charge in [0, 0.05) is 18.7 Å². The first-order valence-corrected chi connectivity index (χ1v) is 5.48. The maximum absolute atomic E-state index is 10.6. The second-order valence-electron chi connectivity index (χ2n) is 3.51. The van der Waals surface area contributed by atoms with E-state index in [-0.39, 0.29) is 5.69 Å². The number of hydrogen-bond donors (Lipinski definition) is 1. The monoisotopic (exact) mass is 264 g/mol. The van der Waals surface area contributed by atoms with Crippen LogP contribution in [0.4, 0.5) is 11.6 Å². The van der Waals surface area contributed by atoms with E-state index in [1.807, 2.05) is 0 Å². The molecule has 0 amide bonds. The first-order valence-electron chi connectivity index (χ1n) is 5.10. The topological polar surface area (TPSA) is 81.0 Å². The Labute approximate surface area is 108 Å². The average molecular weight is 265 g/mol. The average Bonchev–Trinajstić information content (AvgIpc) is 2.38. The molecule has 1 N–H and O–H groups in total. The van der Waals surface area contributed by atoms with Crippen LogP contribution in [0.1, 0.15) is 5.56 Å². The zero-order valence-corrected chi connectivity index (χ0v) is 9.96. The van der Waals surface area contributed by atoms with Crippen molar-refractivity contribution in [3.05, 3.63) is 57.4 Å². The van der Waals surface area contributed by atoms with Crippen molar-refractivity contribution in [2.24, 2.45) is 0 Å². The van der Waals surface area contributed by atoms with Crippen LogP contribution in [0.3, 0.4) is 0 Å². The number of nitrogens with one attached hydrogen (secondary N) is 1. The number of nitro benzene ring substituents is 1. The van der Waals surface area contributed by atoms with Gasteiger partial charge in [-0.3, -0.25) is 10.1 Å². The Bertz CT molecular complexity index is 559. The fourth-order valence-corrected chi connectivity index (χ4v) is 1.46. The Kier molecular flexibility index (Phi) is 3.69. The largest absolute Gasteiger partial charge is 0.350 e. The van der Waals surface area contributed by atoms with Gasteiger partial charge < -0.3 is 5.32 Å². The van der Waals surface area contributed by atoms with E-state index in [9.17, 15) is 10.1 Å². The highest BCUT2D eigenvalue weighted by Crippen LogP contribution is 2.14. The molecule has 0 saturated carbocycles. The van der Waals surface area contributed by atoms with Crippen molar-refractivity contribution in [3.63, 3.8) is 0 Å². The summed E-state index contributed by atoms with van der Waals surface area (Å²) < 4.78 is 0. The summed E-state index contributed by atoms with van der Waals surface area (Å²) in [6, 6.07) is 6.37. The fourth-order valence-electron chi connectivity index (χ4n) is 1.36. The van der Waals surface area contributed by atoms with Crippen molar-refractivity contribution in [2.45, 2.75) is 6.54 Å². The van der Waals surface area contributed by atoms with E-state index in [0.29, 0.717) is 17.5 Å². The molecule has 18 heavy (non-hydrogen) atoms. The molecule has 0 spiro atoms. The molecule has 0 fully saturated rings. The van der Waals surface area contributed by atoms with Crippen LogP contribution in [0.25, 0.3) is 0 Å². The first-order chi connectivity index (χ1) is 8.65.